The number of para-hydroxylation sites is 1. The number of nitrogen functional groups attached to an aromatic ring is 1. The van der Waals surface area contributed by atoms with Crippen LogP contribution >= 0.6 is 11.3 Å². The first kappa shape index (κ1) is 9.92. The Balaban J connectivity index is 2.06. The molecule has 1 aromatic heterocycles. The van der Waals surface area contributed by atoms with E-state index in [4.69, 9.17) is 10.5 Å². The molecular formula is C10H9FN2OS. The summed E-state index contributed by atoms with van der Waals surface area (Å²) in [6.45, 7) is 0.191. The standard InChI is InChI=1S/C10H9FN2OS/c11-7-3-1-2-4-9(7)14-5-8-10(12)15-6-13-8/h1-4,6H,5,12H2. The molecular weight excluding hydrogens is 215 g/mol. The lowest BCUT2D eigenvalue weighted by atomic mass is 10.3. The maximum absolute atomic E-state index is 13.1. The van der Waals surface area contributed by atoms with Gasteiger partial charge in [0.2, 0.25) is 0 Å². The number of aromatic nitrogens is 1. The van der Waals surface area contributed by atoms with Gasteiger partial charge in [-0.1, -0.05) is 12.1 Å². The van der Waals surface area contributed by atoms with Crippen LogP contribution < -0.4 is 10.5 Å². The number of ether oxygens (including phenoxy) is 1. The van der Waals surface area contributed by atoms with Gasteiger partial charge < -0.3 is 10.5 Å². The molecule has 0 atom stereocenters. The van der Waals surface area contributed by atoms with Crippen molar-refractivity contribution in [2.45, 2.75) is 6.61 Å². The molecule has 0 amide bonds. The molecule has 78 valence electrons. The molecule has 2 N–H and O–H groups in total. The molecule has 1 aromatic carbocycles. The van der Waals surface area contributed by atoms with Crippen molar-refractivity contribution in [2.24, 2.45) is 0 Å². The average Bonchev–Trinajstić information content (AvgIpc) is 2.63. The Labute approximate surface area is 90.3 Å². The van der Waals surface area contributed by atoms with E-state index in [1.165, 1.54) is 17.4 Å². The quantitative estimate of drug-likeness (QED) is 0.871. The van der Waals surface area contributed by atoms with Crippen molar-refractivity contribution >= 4 is 16.3 Å². The van der Waals surface area contributed by atoms with Crippen molar-refractivity contribution in [3.8, 4) is 5.75 Å². The fourth-order valence-corrected chi connectivity index (χ4v) is 1.64. The lowest BCUT2D eigenvalue weighted by Crippen LogP contribution is -2.00. The first-order valence-electron chi connectivity index (χ1n) is 4.32. The third kappa shape index (κ3) is 2.24. The summed E-state index contributed by atoms with van der Waals surface area (Å²) in [5.41, 5.74) is 7.90. The van der Waals surface area contributed by atoms with Gasteiger partial charge in [-0.3, -0.25) is 0 Å². The number of anilines is 1. The summed E-state index contributed by atoms with van der Waals surface area (Å²) in [6, 6.07) is 6.24. The molecule has 0 spiro atoms. The molecule has 5 heteroatoms. The maximum Gasteiger partial charge on any atom is 0.165 e. The zero-order valence-corrected chi connectivity index (χ0v) is 8.63. The van der Waals surface area contributed by atoms with Crippen LogP contribution in [0.5, 0.6) is 5.75 Å². The number of rotatable bonds is 3. The van der Waals surface area contributed by atoms with Crippen LogP contribution in [0.4, 0.5) is 9.39 Å². The molecule has 0 aliphatic carbocycles. The summed E-state index contributed by atoms with van der Waals surface area (Å²) in [6.07, 6.45) is 0. The Morgan fingerprint density at radius 2 is 2.20 bits per heavy atom. The molecule has 0 fully saturated rings. The molecule has 0 bridgehead atoms. The Morgan fingerprint density at radius 1 is 1.40 bits per heavy atom. The van der Waals surface area contributed by atoms with Crippen molar-refractivity contribution in [3.63, 3.8) is 0 Å². The van der Waals surface area contributed by atoms with E-state index in [0.29, 0.717) is 10.7 Å². The van der Waals surface area contributed by atoms with Gasteiger partial charge in [-0.25, -0.2) is 9.37 Å². The zero-order chi connectivity index (χ0) is 10.7. The van der Waals surface area contributed by atoms with Gasteiger partial charge in [0.1, 0.15) is 17.3 Å². The van der Waals surface area contributed by atoms with Crippen molar-refractivity contribution in [3.05, 3.63) is 41.3 Å². The fraction of sp³-hybridized carbons (Fsp3) is 0.100. The van der Waals surface area contributed by atoms with E-state index in [1.807, 2.05) is 0 Å². The molecule has 0 saturated heterocycles. The maximum atomic E-state index is 13.1. The van der Waals surface area contributed by atoms with Crippen LogP contribution in [0.3, 0.4) is 0 Å². The second-order valence-electron chi connectivity index (χ2n) is 2.88. The first-order valence-corrected chi connectivity index (χ1v) is 5.20. The highest BCUT2D eigenvalue weighted by atomic mass is 32.1. The van der Waals surface area contributed by atoms with Crippen LogP contribution in [0.25, 0.3) is 0 Å². The molecule has 0 aliphatic heterocycles. The third-order valence-corrected chi connectivity index (χ3v) is 2.57. The van der Waals surface area contributed by atoms with Crippen molar-refractivity contribution in [2.75, 3.05) is 5.73 Å². The van der Waals surface area contributed by atoms with Crippen LogP contribution in [0, 0.1) is 5.82 Å². The molecule has 0 saturated carbocycles. The minimum atomic E-state index is -0.383. The highest BCUT2D eigenvalue weighted by Crippen LogP contribution is 2.20. The molecule has 2 rings (SSSR count). The van der Waals surface area contributed by atoms with E-state index >= 15 is 0 Å². The van der Waals surface area contributed by atoms with Crippen molar-refractivity contribution < 1.29 is 9.13 Å². The van der Waals surface area contributed by atoms with E-state index in [0.717, 1.165) is 0 Å². The van der Waals surface area contributed by atoms with Gasteiger partial charge >= 0.3 is 0 Å². The monoisotopic (exact) mass is 224 g/mol. The Hall–Kier alpha value is -1.62. The Bertz CT molecular complexity index is 458. The minimum Gasteiger partial charge on any atom is -0.484 e. The molecule has 3 nitrogen and oxygen atoms in total. The van der Waals surface area contributed by atoms with E-state index < -0.39 is 0 Å². The van der Waals surface area contributed by atoms with Crippen LogP contribution in [0.2, 0.25) is 0 Å². The topological polar surface area (TPSA) is 48.1 Å². The normalized spacial score (nSPS) is 10.2. The average molecular weight is 224 g/mol. The van der Waals surface area contributed by atoms with Crippen LogP contribution in [-0.4, -0.2) is 4.98 Å². The lowest BCUT2D eigenvalue weighted by molar-refractivity contribution is 0.287. The SMILES string of the molecule is Nc1scnc1COc1ccccc1F. The predicted molar refractivity (Wildman–Crippen MR) is 57.3 cm³/mol. The number of thiazole rings is 1. The number of benzene rings is 1. The van der Waals surface area contributed by atoms with Crippen LogP contribution in [0.15, 0.2) is 29.8 Å². The third-order valence-electron chi connectivity index (χ3n) is 1.87. The summed E-state index contributed by atoms with van der Waals surface area (Å²) in [7, 11) is 0. The fourth-order valence-electron chi connectivity index (χ4n) is 1.09. The van der Waals surface area contributed by atoms with E-state index in [-0.39, 0.29) is 18.2 Å². The summed E-state index contributed by atoms with van der Waals surface area (Å²) >= 11 is 1.34. The highest BCUT2D eigenvalue weighted by molar-refractivity contribution is 7.13. The van der Waals surface area contributed by atoms with Gasteiger partial charge in [0.15, 0.2) is 11.6 Å². The molecule has 1 heterocycles. The van der Waals surface area contributed by atoms with Crippen molar-refractivity contribution in [1.29, 1.82) is 0 Å². The number of hydrogen-bond acceptors (Lipinski definition) is 4. The van der Waals surface area contributed by atoms with Crippen LogP contribution in [-0.2, 0) is 6.61 Å². The summed E-state index contributed by atoms with van der Waals surface area (Å²) < 4.78 is 18.4. The van der Waals surface area contributed by atoms with Crippen molar-refractivity contribution in [1.82, 2.24) is 4.98 Å². The van der Waals surface area contributed by atoms with Gasteiger partial charge in [-0.15, -0.1) is 11.3 Å². The number of nitrogens with zero attached hydrogens (tertiary/aromatic N) is 1. The van der Waals surface area contributed by atoms with Gasteiger partial charge in [0, 0.05) is 0 Å². The van der Waals surface area contributed by atoms with Gasteiger partial charge in [0.25, 0.3) is 0 Å². The number of hydrogen-bond donors (Lipinski definition) is 1. The molecule has 0 aliphatic rings. The Kier molecular flexibility index (Phi) is 2.82. The zero-order valence-electron chi connectivity index (χ0n) is 7.81. The number of halogens is 1. The summed E-state index contributed by atoms with van der Waals surface area (Å²) in [4.78, 5) is 4.01. The highest BCUT2D eigenvalue weighted by Gasteiger charge is 2.05. The minimum absolute atomic E-state index is 0.191. The second-order valence-corrected chi connectivity index (χ2v) is 3.77. The van der Waals surface area contributed by atoms with Crippen LogP contribution in [0.1, 0.15) is 5.69 Å². The van der Waals surface area contributed by atoms with Gasteiger partial charge in [-0.05, 0) is 12.1 Å². The predicted octanol–water partition coefficient (Wildman–Crippen LogP) is 2.44. The summed E-state index contributed by atoms with van der Waals surface area (Å²) in [5, 5.41) is 0.603. The lowest BCUT2D eigenvalue weighted by Gasteiger charge is -2.05. The smallest absolute Gasteiger partial charge is 0.165 e. The first-order chi connectivity index (χ1) is 7.27. The molecule has 0 radical (unpaired) electrons. The van der Waals surface area contributed by atoms with E-state index in [9.17, 15) is 4.39 Å². The number of nitrogens with two attached hydrogens (primary N) is 1. The summed E-state index contributed by atoms with van der Waals surface area (Å²) in [5.74, 6) is -0.170. The molecule has 0 unspecified atom stereocenters. The van der Waals surface area contributed by atoms with E-state index in [1.54, 1.807) is 23.7 Å². The Morgan fingerprint density at radius 3 is 2.87 bits per heavy atom. The second kappa shape index (κ2) is 4.27. The van der Waals surface area contributed by atoms with Gasteiger partial charge in [-0.2, -0.15) is 0 Å². The molecule has 2 aromatic rings. The largest absolute Gasteiger partial charge is 0.484 e. The van der Waals surface area contributed by atoms with E-state index in [2.05, 4.69) is 4.98 Å². The molecule has 15 heavy (non-hydrogen) atoms. The van der Waals surface area contributed by atoms with Gasteiger partial charge in [0.05, 0.1) is 5.51 Å².